The van der Waals surface area contributed by atoms with Crippen molar-refractivity contribution in [2.75, 3.05) is 6.26 Å². The van der Waals surface area contributed by atoms with Gasteiger partial charge in [0, 0.05) is 12.5 Å². The number of hydrogen-bond donors (Lipinski definition) is 0. The first-order chi connectivity index (χ1) is 6.32. The maximum Gasteiger partial charge on any atom is 0.417 e. The normalized spacial score (nSPS) is 14.1. The van der Waals surface area contributed by atoms with Crippen LogP contribution in [0, 0.1) is 0 Å². The van der Waals surface area contributed by atoms with E-state index in [1.807, 2.05) is 0 Å². The molecule has 1 unspecified atom stereocenters. The number of halogens is 4. The molecular weight excluding hydrogens is 239 g/mol. The fourth-order valence-electron chi connectivity index (χ4n) is 0.792. The van der Waals surface area contributed by atoms with Crippen LogP contribution in [0.4, 0.5) is 13.2 Å². The molecule has 0 aliphatic rings. The number of nitrogens with zero attached hydrogens (tertiary/aromatic N) is 1. The average Bonchev–Trinajstić information content (AvgIpc) is 2.01. The quantitative estimate of drug-likeness (QED) is 0.759. The predicted octanol–water partition coefficient (Wildman–Crippen LogP) is 2.49. The summed E-state index contributed by atoms with van der Waals surface area (Å²) in [4.78, 5) is 3.39. The van der Waals surface area contributed by atoms with E-state index in [0.717, 1.165) is 0 Å². The molecule has 1 rings (SSSR count). The zero-order chi connectivity index (χ0) is 10.9. The molecule has 7 heteroatoms. The molecular formula is C7H5ClF3NOS. The van der Waals surface area contributed by atoms with E-state index >= 15 is 0 Å². The van der Waals surface area contributed by atoms with E-state index in [0.29, 0.717) is 12.3 Å². The maximum atomic E-state index is 12.1. The van der Waals surface area contributed by atoms with Crippen LogP contribution in [0.1, 0.15) is 5.56 Å². The molecule has 1 aromatic rings. The number of alkyl halides is 3. The van der Waals surface area contributed by atoms with Crippen LogP contribution < -0.4 is 0 Å². The monoisotopic (exact) mass is 243 g/mol. The third-order valence-electron chi connectivity index (χ3n) is 1.41. The van der Waals surface area contributed by atoms with Crippen molar-refractivity contribution in [3.8, 4) is 0 Å². The fourth-order valence-corrected chi connectivity index (χ4v) is 1.82. The summed E-state index contributed by atoms with van der Waals surface area (Å²) in [5, 5.41) is -0.277. The molecule has 14 heavy (non-hydrogen) atoms. The minimum atomic E-state index is -4.48. The molecule has 0 fully saturated rings. The Labute approximate surface area is 85.6 Å². The largest absolute Gasteiger partial charge is 0.417 e. The van der Waals surface area contributed by atoms with E-state index in [-0.39, 0.29) is 10.0 Å². The van der Waals surface area contributed by atoms with Crippen molar-refractivity contribution >= 4 is 22.4 Å². The lowest BCUT2D eigenvalue weighted by atomic mass is 10.3. The third-order valence-corrected chi connectivity index (χ3v) is 2.68. The van der Waals surface area contributed by atoms with Gasteiger partial charge in [0.25, 0.3) is 0 Å². The highest BCUT2D eigenvalue weighted by atomic mass is 35.5. The van der Waals surface area contributed by atoms with Gasteiger partial charge in [-0.05, 0) is 6.07 Å². The standard InChI is InChI=1S/C7H5ClF3NOS/c1-14(13)6-5(8)2-4(3-12-6)7(9,10)11/h2-3H,1H3. The predicted molar refractivity (Wildman–Crippen MR) is 46.6 cm³/mol. The molecule has 0 aliphatic heterocycles. The molecule has 78 valence electrons. The van der Waals surface area contributed by atoms with Gasteiger partial charge in [-0.15, -0.1) is 0 Å². The lowest BCUT2D eigenvalue weighted by molar-refractivity contribution is -0.137. The molecule has 0 bridgehead atoms. The van der Waals surface area contributed by atoms with Crippen molar-refractivity contribution in [2.24, 2.45) is 0 Å². The lowest BCUT2D eigenvalue weighted by Crippen LogP contribution is -2.06. The molecule has 1 heterocycles. The summed E-state index contributed by atoms with van der Waals surface area (Å²) in [6, 6.07) is 0.714. The average molecular weight is 244 g/mol. The van der Waals surface area contributed by atoms with Crippen LogP contribution in [0.5, 0.6) is 0 Å². The zero-order valence-electron chi connectivity index (χ0n) is 6.93. The summed E-state index contributed by atoms with van der Waals surface area (Å²) in [7, 11) is -1.49. The Morgan fingerprint density at radius 1 is 1.50 bits per heavy atom. The van der Waals surface area contributed by atoms with E-state index in [2.05, 4.69) is 4.98 Å². The summed E-state index contributed by atoms with van der Waals surface area (Å²) in [5.41, 5.74) is -0.948. The van der Waals surface area contributed by atoms with Crippen molar-refractivity contribution < 1.29 is 17.4 Å². The van der Waals surface area contributed by atoms with Crippen LogP contribution in [0.25, 0.3) is 0 Å². The van der Waals surface area contributed by atoms with Gasteiger partial charge in [0.1, 0.15) is 5.03 Å². The van der Waals surface area contributed by atoms with Crippen molar-refractivity contribution in [1.82, 2.24) is 4.98 Å². The van der Waals surface area contributed by atoms with Crippen molar-refractivity contribution in [3.05, 3.63) is 22.8 Å². The molecule has 0 aromatic carbocycles. The first kappa shape index (κ1) is 11.5. The molecule has 0 radical (unpaired) electrons. The SMILES string of the molecule is CS(=O)c1ncc(C(F)(F)F)cc1Cl. The summed E-state index contributed by atoms with van der Waals surface area (Å²) in [5.74, 6) is 0. The van der Waals surface area contributed by atoms with Crippen molar-refractivity contribution in [2.45, 2.75) is 11.2 Å². The Balaban J connectivity index is 3.20. The number of aromatic nitrogens is 1. The Hall–Kier alpha value is -0.620. The van der Waals surface area contributed by atoms with Crippen LogP contribution >= 0.6 is 11.6 Å². The van der Waals surface area contributed by atoms with Gasteiger partial charge in [-0.1, -0.05) is 11.6 Å². The highest BCUT2D eigenvalue weighted by Gasteiger charge is 2.31. The topological polar surface area (TPSA) is 30.0 Å². The van der Waals surface area contributed by atoms with Gasteiger partial charge in [-0.25, -0.2) is 4.98 Å². The Morgan fingerprint density at radius 3 is 2.43 bits per heavy atom. The fraction of sp³-hybridized carbons (Fsp3) is 0.286. The summed E-state index contributed by atoms with van der Waals surface area (Å²) < 4.78 is 47.3. The summed E-state index contributed by atoms with van der Waals surface area (Å²) in [6.45, 7) is 0. The molecule has 1 atom stereocenters. The molecule has 0 N–H and O–H groups in total. The minimum Gasteiger partial charge on any atom is -0.253 e. The van der Waals surface area contributed by atoms with Gasteiger partial charge < -0.3 is 0 Å². The molecule has 1 aromatic heterocycles. The van der Waals surface area contributed by atoms with Gasteiger partial charge in [0.15, 0.2) is 0 Å². The maximum absolute atomic E-state index is 12.1. The smallest absolute Gasteiger partial charge is 0.253 e. The van der Waals surface area contributed by atoms with Gasteiger partial charge in [-0.3, -0.25) is 4.21 Å². The van der Waals surface area contributed by atoms with E-state index in [1.165, 1.54) is 6.26 Å². The molecule has 0 saturated heterocycles. The second kappa shape index (κ2) is 3.86. The van der Waals surface area contributed by atoms with Crippen LogP contribution in [0.15, 0.2) is 17.3 Å². The van der Waals surface area contributed by atoms with Crippen LogP contribution in [-0.2, 0) is 17.0 Å². The molecule has 0 spiro atoms. The van der Waals surface area contributed by atoms with E-state index in [1.54, 1.807) is 0 Å². The highest BCUT2D eigenvalue weighted by molar-refractivity contribution is 7.84. The van der Waals surface area contributed by atoms with Crippen LogP contribution in [-0.4, -0.2) is 15.4 Å². The molecule has 0 aliphatic carbocycles. The number of hydrogen-bond acceptors (Lipinski definition) is 2. The van der Waals surface area contributed by atoms with Gasteiger partial charge >= 0.3 is 6.18 Å². The second-order valence-corrected chi connectivity index (χ2v) is 4.16. The molecule has 0 saturated carbocycles. The van der Waals surface area contributed by atoms with Crippen molar-refractivity contribution in [3.63, 3.8) is 0 Å². The van der Waals surface area contributed by atoms with E-state index in [4.69, 9.17) is 11.6 Å². The van der Waals surface area contributed by atoms with Gasteiger partial charge in [0.05, 0.1) is 21.4 Å². The first-order valence-electron chi connectivity index (χ1n) is 3.38. The van der Waals surface area contributed by atoms with E-state index < -0.39 is 22.5 Å². The van der Waals surface area contributed by atoms with Gasteiger partial charge in [0.2, 0.25) is 0 Å². The highest BCUT2D eigenvalue weighted by Crippen LogP contribution is 2.31. The second-order valence-electron chi connectivity index (χ2n) is 2.46. The lowest BCUT2D eigenvalue weighted by Gasteiger charge is -2.07. The molecule has 2 nitrogen and oxygen atoms in total. The number of pyridine rings is 1. The van der Waals surface area contributed by atoms with Crippen LogP contribution in [0.2, 0.25) is 5.02 Å². The Bertz CT molecular complexity index is 380. The molecule has 0 amide bonds. The summed E-state index contributed by atoms with van der Waals surface area (Å²) >= 11 is 5.47. The number of rotatable bonds is 1. The zero-order valence-corrected chi connectivity index (χ0v) is 8.50. The van der Waals surface area contributed by atoms with Crippen LogP contribution in [0.3, 0.4) is 0 Å². The minimum absolute atomic E-state index is 0.0420. The summed E-state index contributed by atoms with van der Waals surface area (Å²) in [6.07, 6.45) is -2.57. The van der Waals surface area contributed by atoms with Crippen molar-refractivity contribution in [1.29, 1.82) is 0 Å². The third kappa shape index (κ3) is 2.45. The Kier molecular flexibility index (Phi) is 3.16. The van der Waals surface area contributed by atoms with E-state index in [9.17, 15) is 17.4 Å². The van der Waals surface area contributed by atoms with Gasteiger partial charge in [-0.2, -0.15) is 13.2 Å². The first-order valence-corrected chi connectivity index (χ1v) is 5.32. The Morgan fingerprint density at radius 2 is 2.07 bits per heavy atom.